The summed E-state index contributed by atoms with van der Waals surface area (Å²) in [6.07, 6.45) is 0.406. The summed E-state index contributed by atoms with van der Waals surface area (Å²) >= 11 is 11.8. The van der Waals surface area contributed by atoms with Crippen LogP contribution in [0.4, 0.5) is 5.69 Å². The number of nitrogens with zero attached hydrogens (tertiary/aromatic N) is 1. The minimum Gasteiger partial charge on any atom is -0.493 e. The van der Waals surface area contributed by atoms with Crippen LogP contribution in [0.1, 0.15) is 6.42 Å². The minimum absolute atomic E-state index is 0.307. The van der Waals surface area contributed by atoms with E-state index in [0.29, 0.717) is 30.2 Å². The third-order valence-corrected chi connectivity index (χ3v) is 3.59. The molecule has 0 aliphatic carbocycles. The Morgan fingerprint density at radius 2 is 1.89 bits per heavy atom. The van der Waals surface area contributed by atoms with Gasteiger partial charge in [0.1, 0.15) is 0 Å². The van der Waals surface area contributed by atoms with E-state index in [1.54, 1.807) is 37.3 Å². The van der Waals surface area contributed by atoms with Crippen LogP contribution in [0.15, 0.2) is 18.2 Å². The predicted molar refractivity (Wildman–Crippen MR) is 71.0 cm³/mol. The molecule has 0 aromatic heterocycles. The third kappa shape index (κ3) is 2.22. The lowest BCUT2D eigenvalue weighted by molar-refractivity contribution is -0.117. The second kappa shape index (κ2) is 4.86. The van der Waals surface area contributed by atoms with Gasteiger partial charge in [0, 0.05) is 24.7 Å². The first-order valence-electron chi connectivity index (χ1n) is 5.41. The van der Waals surface area contributed by atoms with Crippen LogP contribution in [0, 0.1) is 0 Å². The molecule has 18 heavy (non-hydrogen) atoms. The van der Waals surface area contributed by atoms with E-state index in [-0.39, 0.29) is 5.91 Å². The molecule has 0 spiro atoms. The fourth-order valence-electron chi connectivity index (χ4n) is 1.90. The Morgan fingerprint density at radius 1 is 1.22 bits per heavy atom. The molecule has 1 amide bonds. The molecule has 0 bridgehead atoms. The van der Waals surface area contributed by atoms with Crippen LogP contribution >= 0.6 is 23.2 Å². The van der Waals surface area contributed by atoms with Gasteiger partial charge in [-0.1, -0.05) is 23.2 Å². The lowest BCUT2D eigenvalue weighted by Crippen LogP contribution is -2.31. The minimum atomic E-state index is -1.33. The fraction of sp³-hybridized carbons (Fsp3) is 0.417. The monoisotopic (exact) mass is 289 g/mol. The van der Waals surface area contributed by atoms with Crippen molar-refractivity contribution in [3.63, 3.8) is 0 Å². The molecule has 1 fully saturated rings. The van der Waals surface area contributed by atoms with Gasteiger partial charge in [0.2, 0.25) is 0 Å². The van der Waals surface area contributed by atoms with Crippen molar-refractivity contribution in [2.75, 3.05) is 25.7 Å². The molecule has 1 aromatic rings. The van der Waals surface area contributed by atoms with Crippen molar-refractivity contribution in [3.05, 3.63) is 18.2 Å². The van der Waals surface area contributed by atoms with Crippen molar-refractivity contribution in [1.29, 1.82) is 0 Å². The number of carbonyl (C=O) groups is 1. The smallest absolute Gasteiger partial charge is 0.263 e. The first kappa shape index (κ1) is 13.3. The number of anilines is 1. The van der Waals surface area contributed by atoms with Crippen LogP contribution in [-0.2, 0) is 4.79 Å². The van der Waals surface area contributed by atoms with E-state index in [1.807, 2.05) is 0 Å². The Bertz CT molecular complexity index is 476. The van der Waals surface area contributed by atoms with Crippen molar-refractivity contribution in [2.24, 2.45) is 0 Å². The normalized spacial score (nSPS) is 18.0. The van der Waals surface area contributed by atoms with Crippen LogP contribution in [0.2, 0.25) is 0 Å². The molecular weight excluding hydrogens is 277 g/mol. The average Bonchev–Trinajstić information content (AvgIpc) is 2.64. The Kier molecular flexibility index (Phi) is 3.59. The molecule has 1 heterocycles. The topological polar surface area (TPSA) is 38.8 Å². The van der Waals surface area contributed by atoms with Crippen molar-refractivity contribution >= 4 is 34.8 Å². The molecule has 1 aliphatic rings. The molecule has 0 N–H and O–H groups in total. The van der Waals surface area contributed by atoms with E-state index in [0.717, 1.165) is 0 Å². The summed E-state index contributed by atoms with van der Waals surface area (Å²) in [5.41, 5.74) is 0.695. The fourth-order valence-corrected chi connectivity index (χ4v) is 2.27. The molecule has 1 aliphatic heterocycles. The van der Waals surface area contributed by atoms with Gasteiger partial charge < -0.3 is 14.4 Å². The van der Waals surface area contributed by atoms with E-state index in [4.69, 9.17) is 32.7 Å². The van der Waals surface area contributed by atoms with Crippen LogP contribution in [0.3, 0.4) is 0 Å². The maximum Gasteiger partial charge on any atom is 0.263 e. The second-order valence-electron chi connectivity index (χ2n) is 3.95. The zero-order chi connectivity index (χ0) is 13.3. The number of alkyl halides is 2. The lowest BCUT2D eigenvalue weighted by atomic mass is 10.2. The Balaban J connectivity index is 2.33. The van der Waals surface area contributed by atoms with Crippen molar-refractivity contribution in [3.8, 4) is 11.5 Å². The first-order valence-corrected chi connectivity index (χ1v) is 6.17. The molecule has 4 nitrogen and oxygen atoms in total. The number of benzene rings is 1. The average molecular weight is 290 g/mol. The van der Waals surface area contributed by atoms with Crippen molar-refractivity contribution in [1.82, 2.24) is 0 Å². The van der Waals surface area contributed by atoms with E-state index >= 15 is 0 Å². The third-order valence-electron chi connectivity index (χ3n) is 2.89. The zero-order valence-electron chi connectivity index (χ0n) is 10.1. The Hall–Kier alpha value is -1.13. The van der Waals surface area contributed by atoms with Crippen molar-refractivity contribution < 1.29 is 14.3 Å². The predicted octanol–water partition coefficient (Wildman–Crippen LogP) is 2.61. The van der Waals surface area contributed by atoms with Gasteiger partial charge in [0.15, 0.2) is 15.8 Å². The quantitative estimate of drug-likeness (QED) is 0.803. The van der Waals surface area contributed by atoms with Gasteiger partial charge in [-0.2, -0.15) is 0 Å². The van der Waals surface area contributed by atoms with E-state index in [9.17, 15) is 4.79 Å². The largest absolute Gasteiger partial charge is 0.493 e. The first-order chi connectivity index (χ1) is 8.49. The molecule has 1 saturated heterocycles. The second-order valence-corrected chi connectivity index (χ2v) is 5.43. The summed E-state index contributed by atoms with van der Waals surface area (Å²) in [6.45, 7) is 0.487. The number of ether oxygens (including phenoxy) is 2. The highest BCUT2D eigenvalue weighted by atomic mass is 35.5. The maximum absolute atomic E-state index is 12.0. The Morgan fingerprint density at radius 3 is 2.39 bits per heavy atom. The standard InChI is InChI=1S/C12H13Cl2NO3/c1-17-9-4-3-8(7-10(9)18-2)15-6-5-12(13,14)11(15)16/h3-4,7H,5-6H2,1-2H3. The summed E-state index contributed by atoms with van der Waals surface area (Å²) in [4.78, 5) is 13.5. The number of halogens is 2. The van der Waals surface area contributed by atoms with Gasteiger partial charge in [-0.05, 0) is 12.1 Å². The van der Waals surface area contributed by atoms with Crippen LogP contribution in [-0.4, -0.2) is 31.0 Å². The van der Waals surface area contributed by atoms with Gasteiger partial charge in [-0.15, -0.1) is 0 Å². The summed E-state index contributed by atoms with van der Waals surface area (Å²) in [6, 6.07) is 5.24. The number of hydrogen-bond donors (Lipinski definition) is 0. The molecule has 1 aromatic carbocycles. The van der Waals surface area contributed by atoms with Gasteiger partial charge in [0.05, 0.1) is 14.2 Å². The highest BCUT2D eigenvalue weighted by Gasteiger charge is 2.44. The van der Waals surface area contributed by atoms with E-state index in [1.165, 1.54) is 0 Å². The molecule has 98 valence electrons. The molecular formula is C12H13Cl2NO3. The maximum atomic E-state index is 12.0. The highest BCUT2D eigenvalue weighted by molar-refractivity contribution is 6.59. The van der Waals surface area contributed by atoms with Gasteiger partial charge in [-0.25, -0.2) is 0 Å². The summed E-state index contributed by atoms with van der Waals surface area (Å²) in [7, 11) is 3.10. The molecule has 6 heteroatoms. The van der Waals surface area contributed by atoms with Crippen molar-refractivity contribution in [2.45, 2.75) is 10.8 Å². The number of rotatable bonds is 3. The van der Waals surface area contributed by atoms with Gasteiger partial charge >= 0.3 is 0 Å². The summed E-state index contributed by atoms with van der Waals surface area (Å²) < 4.78 is 9.01. The summed E-state index contributed by atoms with van der Waals surface area (Å²) in [5.74, 6) is 0.860. The number of amides is 1. The number of methoxy groups -OCH3 is 2. The number of hydrogen-bond acceptors (Lipinski definition) is 3. The lowest BCUT2D eigenvalue weighted by Gasteiger charge is -2.19. The number of carbonyl (C=O) groups excluding carboxylic acids is 1. The summed E-state index contributed by atoms with van der Waals surface area (Å²) in [5, 5.41) is 0. The van der Waals surface area contributed by atoms with Crippen LogP contribution < -0.4 is 14.4 Å². The van der Waals surface area contributed by atoms with E-state index in [2.05, 4.69) is 0 Å². The highest BCUT2D eigenvalue weighted by Crippen LogP contribution is 2.39. The van der Waals surface area contributed by atoms with E-state index < -0.39 is 4.33 Å². The molecule has 0 radical (unpaired) electrons. The Labute approximate surface area is 115 Å². The SMILES string of the molecule is COc1ccc(N2CCC(Cl)(Cl)C2=O)cc1OC. The zero-order valence-corrected chi connectivity index (χ0v) is 11.6. The van der Waals surface area contributed by atoms with Crippen LogP contribution in [0.25, 0.3) is 0 Å². The van der Waals surface area contributed by atoms with Crippen LogP contribution in [0.5, 0.6) is 11.5 Å². The molecule has 0 saturated carbocycles. The molecule has 0 atom stereocenters. The van der Waals surface area contributed by atoms with Gasteiger partial charge in [-0.3, -0.25) is 4.79 Å². The molecule has 0 unspecified atom stereocenters. The molecule has 2 rings (SSSR count). The van der Waals surface area contributed by atoms with Gasteiger partial charge in [0.25, 0.3) is 5.91 Å².